The first-order valence-electron chi connectivity index (χ1n) is 6.51. The van der Waals surface area contributed by atoms with Crippen molar-refractivity contribution in [2.24, 2.45) is 0 Å². The lowest BCUT2D eigenvalue weighted by molar-refractivity contribution is 0.414. The summed E-state index contributed by atoms with van der Waals surface area (Å²) < 4.78 is 5.15. The first kappa shape index (κ1) is 13.9. The third-order valence-electron chi connectivity index (χ3n) is 3.12. The average Bonchev–Trinajstić information content (AvgIpc) is 2.53. The van der Waals surface area contributed by atoms with E-state index in [1.807, 2.05) is 24.3 Å². The second-order valence-electron chi connectivity index (χ2n) is 4.35. The first-order valence-corrected chi connectivity index (χ1v) is 6.51. The minimum atomic E-state index is 0.600. The van der Waals surface area contributed by atoms with Crippen LogP contribution in [0.3, 0.4) is 0 Å². The van der Waals surface area contributed by atoms with E-state index in [9.17, 15) is 0 Å². The van der Waals surface area contributed by atoms with Crippen LogP contribution in [-0.2, 0) is 6.54 Å². The quantitative estimate of drug-likeness (QED) is 0.835. The lowest BCUT2D eigenvalue weighted by Crippen LogP contribution is -2.24. The lowest BCUT2D eigenvalue weighted by Gasteiger charge is -2.22. The molecule has 0 saturated heterocycles. The molecular weight excluding hydrogens is 250 g/mol. The fourth-order valence-electron chi connectivity index (χ4n) is 2.02. The number of anilines is 1. The molecule has 0 aliphatic rings. The number of nitriles is 1. The second-order valence-corrected chi connectivity index (χ2v) is 4.35. The number of rotatable bonds is 5. The van der Waals surface area contributed by atoms with Gasteiger partial charge in [-0.15, -0.1) is 0 Å². The minimum Gasteiger partial charge on any atom is -0.497 e. The Kier molecular flexibility index (Phi) is 4.56. The molecule has 1 aromatic heterocycles. The molecule has 0 spiro atoms. The number of pyridine rings is 1. The number of benzene rings is 1. The van der Waals surface area contributed by atoms with Gasteiger partial charge in [0.15, 0.2) is 0 Å². The van der Waals surface area contributed by atoms with Crippen LogP contribution < -0.4 is 9.64 Å². The van der Waals surface area contributed by atoms with E-state index in [0.29, 0.717) is 12.1 Å². The van der Waals surface area contributed by atoms with Crippen LogP contribution in [-0.4, -0.2) is 18.6 Å². The molecule has 0 unspecified atom stereocenters. The van der Waals surface area contributed by atoms with E-state index in [4.69, 9.17) is 10.00 Å². The number of methoxy groups -OCH3 is 1. The van der Waals surface area contributed by atoms with Crippen molar-refractivity contribution >= 4 is 5.82 Å². The van der Waals surface area contributed by atoms with Crippen molar-refractivity contribution in [3.63, 3.8) is 0 Å². The van der Waals surface area contributed by atoms with Gasteiger partial charge in [-0.25, -0.2) is 4.98 Å². The Labute approximate surface area is 119 Å². The SMILES string of the molecule is CCN(Cc1ccc(OC)cc1)c1ncccc1C#N. The van der Waals surface area contributed by atoms with Crippen molar-refractivity contribution < 1.29 is 4.74 Å². The van der Waals surface area contributed by atoms with Crippen LogP contribution in [0.15, 0.2) is 42.6 Å². The largest absolute Gasteiger partial charge is 0.497 e. The highest BCUT2D eigenvalue weighted by atomic mass is 16.5. The molecule has 4 heteroatoms. The summed E-state index contributed by atoms with van der Waals surface area (Å²) in [7, 11) is 1.65. The number of hydrogen-bond acceptors (Lipinski definition) is 4. The van der Waals surface area contributed by atoms with E-state index in [0.717, 1.165) is 23.7 Å². The van der Waals surface area contributed by atoms with E-state index >= 15 is 0 Å². The van der Waals surface area contributed by atoms with Gasteiger partial charge in [0.25, 0.3) is 0 Å². The van der Waals surface area contributed by atoms with Gasteiger partial charge in [-0.2, -0.15) is 5.26 Å². The predicted octanol–water partition coefficient (Wildman–Crippen LogP) is 2.99. The molecule has 20 heavy (non-hydrogen) atoms. The number of ether oxygens (including phenoxy) is 1. The summed E-state index contributed by atoms with van der Waals surface area (Å²) in [6, 6.07) is 13.7. The van der Waals surface area contributed by atoms with Gasteiger partial charge in [0.1, 0.15) is 17.6 Å². The molecule has 102 valence electrons. The molecule has 4 nitrogen and oxygen atoms in total. The number of hydrogen-bond donors (Lipinski definition) is 0. The minimum absolute atomic E-state index is 0.600. The van der Waals surface area contributed by atoms with Crippen molar-refractivity contribution in [3.8, 4) is 11.8 Å². The third-order valence-corrected chi connectivity index (χ3v) is 3.12. The van der Waals surface area contributed by atoms with E-state index in [1.165, 1.54) is 0 Å². The molecule has 0 saturated carbocycles. The summed E-state index contributed by atoms with van der Waals surface area (Å²) in [5.74, 6) is 1.57. The summed E-state index contributed by atoms with van der Waals surface area (Å²) in [5.41, 5.74) is 1.75. The highest BCUT2D eigenvalue weighted by Crippen LogP contribution is 2.19. The van der Waals surface area contributed by atoms with Crippen LogP contribution in [0.2, 0.25) is 0 Å². The molecule has 2 rings (SSSR count). The molecule has 1 heterocycles. The van der Waals surface area contributed by atoms with Gasteiger partial charge in [0.05, 0.1) is 12.7 Å². The van der Waals surface area contributed by atoms with Crippen molar-refractivity contribution in [2.45, 2.75) is 13.5 Å². The molecule has 2 aromatic rings. The molecule has 0 bridgehead atoms. The topological polar surface area (TPSA) is 49.1 Å². The fourth-order valence-corrected chi connectivity index (χ4v) is 2.02. The fraction of sp³-hybridized carbons (Fsp3) is 0.250. The van der Waals surface area contributed by atoms with Gasteiger partial charge in [-0.3, -0.25) is 0 Å². The van der Waals surface area contributed by atoms with E-state index in [-0.39, 0.29) is 0 Å². The van der Waals surface area contributed by atoms with Crippen molar-refractivity contribution in [3.05, 3.63) is 53.7 Å². The van der Waals surface area contributed by atoms with Gasteiger partial charge < -0.3 is 9.64 Å². The maximum absolute atomic E-state index is 9.16. The molecule has 0 atom stereocenters. The maximum atomic E-state index is 9.16. The summed E-state index contributed by atoms with van der Waals surface area (Å²) in [6.45, 7) is 3.56. The van der Waals surface area contributed by atoms with Crippen LogP contribution in [0.5, 0.6) is 5.75 Å². The molecule has 0 radical (unpaired) electrons. The summed E-state index contributed by atoms with van der Waals surface area (Å²) in [6.07, 6.45) is 1.72. The highest BCUT2D eigenvalue weighted by molar-refractivity contribution is 5.53. The van der Waals surface area contributed by atoms with E-state index < -0.39 is 0 Å². The molecule has 0 amide bonds. The zero-order valence-corrected chi connectivity index (χ0v) is 11.7. The van der Waals surface area contributed by atoms with Gasteiger partial charge in [0.2, 0.25) is 0 Å². The van der Waals surface area contributed by atoms with Crippen LogP contribution in [0.25, 0.3) is 0 Å². The van der Waals surface area contributed by atoms with Crippen molar-refractivity contribution in [1.29, 1.82) is 5.26 Å². The van der Waals surface area contributed by atoms with Crippen LogP contribution in [0, 0.1) is 11.3 Å². The Hall–Kier alpha value is -2.54. The van der Waals surface area contributed by atoms with E-state index in [1.54, 1.807) is 25.4 Å². The Bertz CT molecular complexity index is 602. The number of nitrogens with zero attached hydrogens (tertiary/aromatic N) is 3. The summed E-state index contributed by atoms with van der Waals surface area (Å²) >= 11 is 0. The van der Waals surface area contributed by atoms with Crippen LogP contribution in [0.1, 0.15) is 18.1 Å². The number of aromatic nitrogens is 1. The Morgan fingerprint density at radius 1 is 1.25 bits per heavy atom. The van der Waals surface area contributed by atoms with Crippen molar-refractivity contribution in [1.82, 2.24) is 4.98 Å². The van der Waals surface area contributed by atoms with Crippen LogP contribution in [0.4, 0.5) is 5.82 Å². The van der Waals surface area contributed by atoms with Crippen molar-refractivity contribution in [2.75, 3.05) is 18.6 Å². The highest BCUT2D eigenvalue weighted by Gasteiger charge is 2.11. The molecule has 0 N–H and O–H groups in total. The smallest absolute Gasteiger partial charge is 0.146 e. The predicted molar refractivity (Wildman–Crippen MR) is 78.7 cm³/mol. The second kappa shape index (κ2) is 6.58. The molecule has 0 aliphatic heterocycles. The van der Waals surface area contributed by atoms with Gasteiger partial charge >= 0.3 is 0 Å². The maximum Gasteiger partial charge on any atom is 0.146 e. The lowest BCUT2D eigenvalue weighted by atomic mass is 10.2. The Morgan fingerprint density at radius 3 is 2.60 bits per heavy atom. The van der Waals surface area contributed by atoms with Crippen LogP contribution >= 0.6 is 0 Å². The normalized spacial score (nSPS) is 9.85. The monoisotopic (exact) mass is 267 g/mol. The summed E-state index contributed by atoms with van der Waals surface area (Å²) in [5, 5.41) is 9.16. The molecule has 0 aliphatic carbocycles. The first-order chi connectivity index (χ1) is 9.78. The standard InChI is InChI=1S/C16H17N3O/c1-3-19(16-14(11-17)5-4-10-18-16)12-13-6-8-15(20-2)9-7-13/h4-10H,3,12H2,1-2H3. The summed E-state index contributed by atoms with van der Waals surface area (Å²) in [4.78, 5) is 6.41. The Balaban J connectivity index is 2.22. The third kappa shape index (κ3) is 3.07. The van der Waals surface area contributed by atoms with Gasteiger partial charge in [-0.05, 0) is 36.8 Å². The molecular formula is C16H17N3O. The van der Waals surface area contributed by atoms with Gasteiger partial charge in [-0.1, -0.05) is 12.1 Å². The Morgan fingerprint density at radius 2 is 2.00 bits per heavy atom. The zero-order chi connectivity index (χ0) is 14.4. The zero-order valence-electron chi connectivity index (χ0n) is 11.7. The van der Waals surface area contributed by atoms with E-state index in [2.05, 4.69) is 22.9 Å². The van der Waals surface area contributed by atoms with Gasteiger partial charge in [0, 0.05) is 19.3 Å². The average molecular weight is 267 g/mol. The molecule has 0 fully saturated rings. The molecule has 1 aromatic carbocycles.